The zero-order valence-electron chi connectivity index (χ0n) is 22.1. The van der Waals surface area contributed by atoms with E-state index in [1.54, 1.807) is 33.1 Å². The summed E-state index contributed by atoms with van der Waals surface area (Å²) in [6.07, 6.45) is -1.53. The number of pyridine rings is 1. The van der Waals surface area contributed by atoms with Crippen LogP contribution in [0.1, 0.15) is 36.7 Å². The number of anilines is 1. The Morgan fingerprint density at radius 2 is 1.71 bits per heavy atom. The number of hydrogen-bond donors (Lipinski definition) is 3. The molecule has 214 valence electrons. The number of thioether (sulfide) groups is 1. The number of primary amides is 1. The van der Waals surface area contributed by atoms with Crippen molar-refractivity contribution in [2.45, 2.75) is 37.6 Å². The topological polar surface area (TPSA) is 123 Å². The van der Waals surface area contributed by atoms with Crippen molar-refractivity contribution in [1.82, 2.24) is 20.3 Å². The fourth-order valence-corrected chi connectivity index (χ4v) is 5.09. The molecule has 0 aliphatic rings. The van der Waals surface area contributed by atoms with E-state index in [4.69, 9.17) is 28.9 Å². The van der Waals surface area contributed by atoms with Gasteiger partial charge in [-0.15, -0.1) is 0 Å². The third-order valence-electron chi connectivity index (χ3n) is 5.71. The average Bonchev–Trinajstić information content (AvgIpc) is 2.86. The highest BCUT2D eigenvalue weighted by Crippen LogP contribution is 2.47. The van der Waals surface area contributed by atoms with Crippen LogP contribution in [0.2, 0.25) is 10.0 Å². The first-order valence-electron chi connectivity index (χ1n) is 11.9. The fourth-order valence-electron chi connectivity index (χ4n) is 4.09. The second kappa shape index (κ2) is 11.3. The lowest BCUT2D eigenvalue weighted by Crippen LogP contribution is -2.43. The maximum atomic E-state index is 14.1. The molecule has 0 aliphatic heterocycles. The highest BCUT2D eigenvalue weighted by atomic mass is 35.5. The van der Waals surface area contributed by atoms with E-state index >= 15 is 0 Å². The van der Waals surface area contributed by atoms with Gasteiger partial charge in [-0.3, -0.25) is 10.1 Å². The van der Waals surface area contributed by atoms with Gasteiger partial charge in [0.05, 0.1) is 15.6 Å². The van der Waals surface area contributed by atoms with E-state index in [0.717, 1.165) is 12.1 Å². The van der Waals surface area contributed by atoms with Crippen LogP contribution in [0.15, 0.2) is 47.8 Å². The molecular weight excluding hydrogens is 600 g/mol. The molecule has 4 N–H and O–H groups in total. The molecule has 4 rings (SSSR count). The summed E-state index contributed by atoms with van der Waals surface area (Å²) < 4.78 is 42.3. The molecule has 14 heteroatoms. The number of nitrogens with zero attached hydrogens (tertiary/aromatic N) is 3. The number of carbonyl (C=O) groups excluding carboxylic acids is 2. The second-order valence-electron chi connectivity index (χ2n) is 9.86. The lowest BCUT2D eigenvalue weighted by atomic mass is 9.91. The number of carbonyl (C=O) groups is 2. The minimum absolute atomic E-state index is 0.00909. The maximum Gasteiger partial charge on any atom is 0.417 e. The molecule has 2 aromatic carbocycles. The summed E-state index contributed by atoms with van der Waals surface area (Å²) in [5.41, 5.74) is 3.21. The SMILES string of the molecule is CSc1ncc2cc(-c3c(Cl)ccc(-c4c(C(N)=O)cccc4C(F)(F)F)c3Cl)c(NC(=O)NC(C)(C)C)nc2n1. The lowest BCUT2D eigenvalue weighted by Gasteiger charge is -2.22. The van der Waals surface area contributed by atoms with E-state index in [1.807, 2.05) is 0 Å². The molecule has 8 nitrogen and oxygen atoms in total. The zero-order chi connectivity index (χ0) is 30.3. The third-order valence-corrected chi connectivity index (χ3v) is 6.98. The van der Waals surface area contributed by atoms with E-state index < -0.39 is 34.8 Å². The summed E-state index contributed by atoms with van der Waals surface area (Å²) >= 11 is 14.7. The van der Waals surface area contributed by atoms with Crippen LogP contribution in [-0.2, 0) is 6.18 Å². The summed E-state index contributed by atoms with van der Waals surface area (Å²) in [7, 11) is 0. The van der Waals surface area contributed by atoms with Gasteiger partial charge < -0.3 is 11.1 Å². The van der Waals surface area contributed by atoms with E-state index in [9.17, 15) is 22.8 Å². The van der Waals surface area contributed by atoms with Crippen LogP contribution in [0.5, 0.6) is 0 Å². The van der Waals surface area contributed by atoms with Gasteiger partial charge in [0.25, 0.3) is 0 Å². The van der Waals surface area contributed by atoms with Crippen molar-refractivity contribution in [3.05, 3.63) is 63.8 Å². The molecule has 0 spiro atoms. The molecule has 0 unspecified atom stereocenters. The number of urea groups is 1. The number of fused-ring (bicyclic) bond motifs is 1. The Balaban J connectivity index is 2.03. The second-order valence-corrected chi connectivity index (χ2v) is 11.4. The Bertz CT molecular complexity index is 1690. The summed E-state index contributed by atoms with van der Waals surface area (Å²) in [5.74, 6) is -1.08. The predicted octanol–water partition coefficient (Wildman–Crippen LogP) is 7.43. The van der Waals surface area contributed by atoms with Crippen molar-refractivity contribution >= 4 is 63.8 Å². The molecule has 0 atom stereocenters. The summed E-state index contributed by atoms with van der Waals surface area (Å²) in [6, 6.07) is 6.67. The summed E-state index contributed by atoms with van der Waals surface area (Å²) in [5, 5.41) is 6.14. The number of benzene rings is 2. The quantitative estimate of drug-likeness (QED) is 0.157. The van der Waals surface area contributed by atoms with Gasteiger partial charge in [0.2, 0.25) is 5.91 Å². The van der Waals surface area contributed by atoms with Crippen molar-refractivity contribution in [3.8, 4) is 22.3 Å². The number of amides is 3. The number of nitrogens with two attached hydrogens (primary N) is 1. The normalized spacial score (nSPS) is 11.9. The zero-order valence-corrected chi connectivity index (χ0v) is 24.4. The molecule has 0 saturated heterocycles. The van der Waals surface area contributed by atoms with E-state index in [-0.39, 0.29) is 43.8 Å². The highest BCUT2D eigenvalue weighted by molar-refractivity contribution is 7.98. The number of aromatic nitrogens is 3. The number of hydrogen-bond acceptors (Lipinski definition) is 6. The van der Waals surface area contributed by atoms with Crippen LogP contribution >= 0.6 is 35.0 Å². The Hall–Kier alpha value is -3.61. The standard InChI is InChI=1S/C27H23Cl2F3N6O2S/c1-26(2,3)38-24(40)36-23-15(10-12-11-34-25(41-4)37-22(12)35-23)19-17(28)9-8-13(20(19)29)18-14(21(33)39)6-5-7-16(18)27(30,31)32/h5-11H,1-4H3,(H2,33,39)(H2,34,35,36,37,38,40). The Labute approximate surface area is 247 Å². The van der Waals surface area contributed by atoms with E-state index in [1.165, 1.54) is 36.2 Å². The summed E-state index contributed by atoms with van der Waals surface area (Å²) in [6.45, 7) is 5.35. The van der Waals surface area contributed by atoms with Crippen molar-refractivity contribution in [1.29, 1.82) is 0 Å². The molecular formula is C27H23Cl2F3N6O2S. The largest absolute Gasteiger partial charge is 0.417 e. The van der Waals surface area contributed by atoms with Gasteiger partial charge in [0.1, 0.15) is 5.82 Å². The lowest BCUT2D eigenvalue weighted by molar-refractivity contribution is -0.137. The van der Waals surface area contributed by atoms with Crippen molar-refractivity contribution in [3.63, 3.8) is 0 Å². The molecule has 2 aromatic heterocycles. The van der Waals surface area contributed by atoms with Crippen LogP contribution in [-0.4, -0.2) is 38.7 Å². The molecule has 2 heterocycles. The van der Waals surface area contributed by atoms with Gasteiger partial charge >= 0.3 is 12.2 Å². The first kappa shape index (κ1) is 30.4. The molecule has 0 aliphatic carbocycles. The van der Waals surface area contributed by atoms with Gasteiger partial charge in [-0.1, -0.05) is 47.1 Å². The van der Waals surface area contributed by atoms with E-state index in [0.29, 0.717) is 10.5 Å². The number of rotatable bonds is 5. The van der Waals surface area contributed by atoms with Crippen LogP contribution in [0.4, 0.5) is 23.8 Å². The first-order valence-corrected chi connectivity index (χ1v) is 13.9. The number of halogens is 5. The minimum Gasteiger partial charge on any atom is -0.366 e. The fraction of sp³-hybridized carbons (Fsp3) is 0.222. The number of alkyl halides is 3. The highest BCUT2D eigenvalue weighted by Gasteiger charge is 2.36. The molecule has 0 fully saturated rings. The van der Waals surface area contributed by atoms with Crippen LogP contribution in [0, 0.1) is 0 Å². The Kier molecular flexibility index (Phi) is 8.40. The van der Waals surface area contributed by atoms with Gasteiger partial charge in [-0.05, 0) is 51.3 Å². The molecule has 41 heavy (non-hydrogen) atoms. The molecule has 0 bridgehead atoms. The summed E-state index contributed by atoms with van der Waals surface area (Å²) in [4.78, 5) is 38.2. The van der Waals surface area contributed by atoms with Crippen molar-refractivity contribution < 1.29 is 22.8 Å². The van der Waals surface area contributed by atoms with Crippen LogP contribution < -0.4 is 16.4 Å². The van der Waals surface area contributed by atoms with Gasteiger partial charge in [-0.25, -0.2) is 19.7 Å². The van der Waals surface area contributed by atoms with Crippen LogP contribution in [0.3, 0.4) is 0 Å². The molecule has 4 aromatic rings. The Morgan fingerprint density at radius 3 is 2.32 bits per heavy atom. The third kappa shape index (κ3) is 6.50. The smallest absolute Gasteiger partial charge is 0.366 e. The van der Waals surface area contributed by atoms with Crippen molar-refractivity contribution in [2.24, 2.45) is 5.73 Å². The first-order chi connectivity index (χ1) is 19.1. The Morgan fingerprint density at radius 1 is 1.00 bits per heavy atom. The van der Waals surface area contributed by atoms with Gasteiger partial charge in [0.15, 0.2) is 10.8 Å². The van der Waals surface area contributed by atoms with Gasteiger partial charge in [0, 0.05) is 44.9 Å². The molecule has 0 radical (unpaired) electrons. The monoisotopic (exact) mass is 622 g/mol. The molecule has 0 saturated carbocycles. The van der Waals surface area contributed by atoms with Crippen molar-refractivity contribution in [2.75, 3.05) is 11.6 Å². The average molecular weight is 623 g/mol. The molecule has 3 amide bonds. The maximum absolute atomic E-state index is 14.1. The minimum atomic E-state index is -4.83. The van der Waals surface area contributed by atoms with E-state index in [2.05, 4.69) is 25.6 Å². The number of nitrogens with one attached hydrogen (secondary N) is 2. The van der Waals surface area contributed by atoms with Crippen LogP contribution in [0.25, 0.3) is 33.3 Å². The predicted molar refractivity (Wildman–Crippen MR) is 155 cm³/mol. The van der Waals surface area contributed by atoms with Gasteiger partial charge in [-0.2, -0.15) is 13.2 Å².